The molecule has 9 heteroatoms. The summed E-state index contributed by atoms with van der Waals surface area (Å²) >= 11 is 1.24. The Bertz CT molecular complexity index is 873. The van der Waals surface area contributed by atoms with E-state index in [1.807, 2.05) is 52.2 Å². The predicted octanol–water partition coefficient (Wildman–Crippen LogP) is 4.09. The van der Waals surface area contributed by atoms with Gasteiger partial charge in [-0.05, 0) is 66.3 Å². The monoisotopic (exact) mass is 426 g/mol. The van der Waals surface area contributed by atoms with E-state index in [4.69, 9.17) is 9.47 Å². The highest BCUT2D eigenvalue weighted by molar-refractivity contribution is 7.99. The van der Waals surface area contributed by atoms with Crippen LogP contribution in [0.3, 0.4) is 0 Å². The Hall–Kier alpha value is -2.00. The highest BCUT2D eigenvalue weighted by Gasteiger charge is 2.24. The van der Waals surface area contributed by atoms with Crippen molar-refractivity contribution in [1.29, 1.82) is 0 Å². The molecular weight excluding hydrogens is 392 g/mol. The molecule has 0 bridgehead atoms. The molecule has 0 fully saturated rings. The van der Waals surface area contributed by atoms with E-state index in [1.165, 1.54) is 11.8 Å². The number of hydrogen-bond acceptors (Lipinski definition) is 6. The molecule has 0 spiro atoms. The van der Waals surface area contributed by atoms with E-state index in [1.54, 1.807) is 18.0 Å². The van der Waals surface area contributed by atoms with Crippen molar-refractivity contribution in [3.8, 4) is 0 Å². The summed E-state index contributed by atoms with van der Waals surface area (Å²) in [6.45, 7) is 14.6. The van der Waals surface area contributed by atoms with Crippen LogP contribution in [0.5, 0.6) is 0 Å². The third kappa shape index (κ3) is 5.99. The molecule has 0 saturated carbocycles. The zero-order chi connectivity index (χ0) is 21.7. The molecule has 0 aliphatic rings. The zero-order valence-electron chi connectivity index (χ0n) is 18.3. The first kappa shape index (κ1) is 23.3. The maximum Gasteiger partial charge on any atom is 0.411 e. The number of carbonyl (C=O) groups excluding carboxylic acids is 1. The van der Waals surface area contributed by atoms with Gasteiger partial charge < -0.3 is 23.9 Å². The Labute approximate surface area is 177 Å². The van der Waals surface area contributed by atoms with Crippen LogP contribution in [0.2, 0.25) is 0 Å². The number of amides is 1. The molecular formula is C20H34N4O4S. The van der Waals surface area contributed by atoms with Crippen molar-refractivity contribution >= 4 is 28.9 Å². The summed E-state index contributed by atoms with van der Waals surface area (Å²) in [6.07, 6.45) is 1.45. The number of rotatable bonds is 9. The Morgan fingerprint density at radius 3 is 2.48 bits per heavy atom. The van der Waals surface area contributed by atoms with Crippen LogP contribution in [-0.2, 0) is 16.0 Å². The van der Waals surface area contributed by atoms with E-state index in [-0.39, 0.29) is 31.3 Å². The highest BCUT2D eigenvalue weighted by Crippen LogP contribution is 2.25. The lowest BCUT2D eigenvalue weighted by Gasteiger charge is -2.30. The van der Waals surface area contributed by atoms with Crippen molar-refractivity contribution in [2.45, 2.75) is 83.8 Å². The van der Waals surface area contributed by atoms with Crippen LogP contribution in [0, 0.1) is 0 Å². The van der Waals surface area contributed by atoms with Crippen molar-refractivity contribution in [2.75, 3.05) is 6.61 Å². The first-order chi connectivity index (χ1) is 13.6. The van der Waals surface area contributed by atoms with Crippen LogP contribution in [-0.4, -0.2) is 55.8 Å². The lowest BCUT2D eigenvalue weighted by Crippen LogP contribution is -2.43. The van der Waals surface area contributed by atoms with E-state index >= 15 is 0 Å². The molecule has 2 rings (SSSR count). The van der Waals surface area contributed by atoms with Gasteiger partial charge in [-0.1, -0.05) is 0 Å². The van der Waals surface area contributed by atoms with E-state index in [0.717, 1.165) is 5.52 Å². The van der Waals surface area contributed by atoms with Gasteiger partial charge in [0.1, 0.15) is 5.52 Å². The molecule has 1 atom stereocenters. The topological polar surface area (TPSA) is 89.4 Å². The number of H-pyrrole nitrogens is 1. The van der Waals surface area contributed by atoms with Gasteiger partial charge in [0.15, 0.2) is 10.6 Å². The van der Waals surface area contributed by atoms with Gasteiger partial charge in [-0.2, -0.15) is 4.98 Å². The van der Waals surface area contributed by atoms with Gasteiger partial charge in [-0.15, -0.1) is 0 Å². The third-order valence-electron chi connectivity index (χ3n) is 4.29. The fourth-order valence-electron chi connectivity index (χ4n) is 3.14. The van der Waals surface area contributed by atoms with Gasteiger partial charge >= 0.3 is 6.09 Å². The van der Waals surface area contributed by atoms with Crippen LogP contribution in [0.25, 0.3) is 11.0 Å². The number of aromatic amines is 1. The predicted molar refractivity (Wildman–Crippen MR) is 117 cm³/mol. The van der Waals surface area contributed by atoms with Crippen molar-refractivity contribution in [2.24, 2.45) is 0 Å². The largest absolute Gasteiger partial charge is 0.435 e. The average Bonchev–Trinajstić information content (AvgIpc) is 3.06. The van der Waals surface area contributed by atoms with Crippen molar-refractivity contribution in [1.82, 2.24) is 19.4 Å². The number of thioether (sulfide) groups is 1. The maximum atomic E-state index is 12.6. The fraction of sp³-hybridized carbons (Fsp3) is 0.650. The minimum Gasteiger partial charge on any atom is -0.435 e. The molecule has 164 valence electrons. The summed E-state index contributed by atoms with van der Waals surface area (Å²) in [6, 6.07) is 1.90. The zero-order valence-corrected chi connectivity index (χ0v) is 19.1. The first-order valence-corrected chi connectivity index (χ1v) is 10.8. The Morgan fingerprint density at radius 2 is 1.90 bits per heavy atom. The molecule has 8 nitrogen and oxygen atoms in total. The molecule has 2 aromatic rings. The van der Waals surface area contributed by atoms with Crippen molar-refractivity contribution in [3.05, 3.63) is 22.6 Å². The fourth-order valence-corrected chi connectivity index (χ4v) is 4.02. The quantitative estimate of drug-likeness (QED) is 0.369. The smallest absolute Gasteiger partial charge is 0.411 e. The number of aromatic nitrogens is 3. The maximum absolute atomic E-state index is 12.6. The first-order valence-electron chi connectivity index (χ1n) is 9.97. The lowest BCUT2D eigenvalue weighted by atomic mass is 10.2. The number of fused-ring (bicyclic) bond motifs is 1. The SMILES string of the molecule is CC(C)OCCn1c(SC(C)OC(=O)N(C(C)C)C(C)C)nc(=O)c2[nH]ccc21.[HH]. The van der Waals surface area contributed by atoms with Gasteiger partial charge in [0.2, 0.25) is 0 Å². The summed E-state index contributed by atoms with van der Waals surface area (Å²) in [5.74, 6) is 0. The lowest BCUT2D eigenvalue weighted by molar-refractivity contribution is 0.0710. The minimum absolute atomic E-state index is 0. The van der Waals surface area contributed by atoms with Crippen LogP contribution in [0.4, 0.5) is 4.79 Å². The molecule has 2 heterocycles. The van der Waals surface area contributed by atoms with Gasteiger partial charge in [0.25, 0.3) is 5.56 Å². The Kier molecular flexibility index (Phi) is 8.15. The van der Waals surface area contributed by atoms with Crippen LogP contribution >= 0.6 is 11.8 Å². The molecule has 29 heavy (non-hydrogen) atoms. The van der Waals surface area contributed by atoms with Gasteiger partial charge in [0, 0.05) is 26.3 Å². The number of nitrogens with zero attached hydrogens (tertiary/aromatic N) is 3. The van der Waals surface area contributed by atoms with Crippen LogP contribution < -0.4 is 5.56 Å². The molecule has 0 aliphatic heterocycles. The summed E-state index contributed by atoms with van der Waals surface area (Å²) < 4.78 is 13.2. The average molecular weight is 427 g/mol. The Morgan fingerprint density at radius 1 is 1.24 bits per heavy atom. The summed E-state index contributed by atoms with van der Waals surface area (Å²) in [4.78, 5) is 33.8. The second-order valence-corrected chi connectivity index (χ2v) is 8.94. The molecule has 0 saturated heterocycles. The summed E-state index contributed by atoms with van der Waals surface area (Å²) in [5, 5.41) is 0.496. The summed E-state index contributed by atoms with van der Waals surface area (Å²) in [5.41, 5.74) is 0.361. The normalized spacial score (nSPS) is 12.9. The van der Waals surface area contributed by atoms with Gasteiger partial charge in [-0.25, -0.2) is 4.79 Å². The molecule has 0 aliphatic carbocycles. The number of carbonyl (C=O) groups is 1. The molecule has 2 aromatic heterocycles. The van der Waals surface area contributed by atoms with Crippen LogP contribution in [0.1, 0.15) is 49.9 Å². The van der Waals surface area contributed by atoms with E-state index < -0.39 is 5.44 Å². The highest BCUT2D eigenvalue weighted by atomic mass is 32.2. The summed E-state index contributed by atoms with van der Waals surface area (Å²) in [7, 11) is 0. The third-order valence-corrected chi connectivity index (χ3v) is 5.24. The molecule has 0 radical (unpaired) electrons. The van der Waals surface area contributed by atoms with E-state index in [2.05, 4.69) is 9.97 Å². The molecule has 1 amide bonds. The minimum atomic E-state index is -0.511. The van der Waals surface area contributed by atoms with E-state index in [9.17, 15) is 9.59 Å². The van der Waals surface area contributed by atoms with Crippen molar-refractivity contribution in [3.63, 3.8) is 0 Å². The number of nitrogens with one attached hydrogen (secondary N) is 1. The standard InChI is InChI=1S/C20H32N4O4S.H2/c1-12(2)24(13(3)4)20(26)28-15(7)29-19-22-18(25)17-16(8-9-21-17)23(19)10-11-27-14(5)6;/h8-9,12-15,21H,10-11H2,1-7H3;1H. The number of ether oxygens (including phenoxy) is 2. The van der Waals surface area contributed by atoms with E-state index in [0.29, 0.717) is 23.8 Å². The van der Waals surface area contributed by atoms with Gasteiger partial charge in [-0.3, -0.25) is 4.79 Å². The van der Waals surface area contributed by atoms with Gasteiger partial charge in [0.05, 0.1) is 18.2 Å². The number of hydrogen-bond donors (Lipinski definition) is 1. The van der Waals surface area contributed by atoms with Crippen LogP contribution in [0.15, 0.2) is 22.2 Å². The second-order valence-electron chi connectivity index (χ2n) is 7.67. The Balaban J connectivity index is 0.00000450. The van der Waals surface area contributed by atoms with Crippen molar-refractivity contribution < 1.29 is 15.7 Å². The molecule has 0 aromatic carbocycles. The molecule has 1 N–H and O–H groups in total. The molecule has 1 unspecified atom stereocenters. The second kappa shape index (κ2) is 10.2.